The Morgan fingerprint density at radius 1 is 1.09 bits per heavy atom. The summed E-state index contributed by atoms with van der Waals surface area (Å²) in [6.07, 6.45) is 4.97. The summed E-state index contributed by atoms with van der Waals surface area (Å²) in [5, 5.41) is 3.24. The van der Waals surface area contributed by atoms with Gasteiger partial charge in [-0.1, -0.05) is 45.2 Å². The zero-order valence-corrected chi connectivity index (χ0v) is 14.2. The first-order valence-corrected chi connectivity index (χ1v) is 8.64. The summed E-state index contributed by atoms with van der Waals surface area (Å²) < 4.78 is 5.81. The van der Waals surface area contributed by atoms with Crippen LogP contribution in [0.2, 0.25) is 0 Å². The third-order valence-corrected chi connectivity index (χ3v) is 4.51. The molecule has 1 aromatic carbocycles. The summed E-state index contributed by atoms with van der Waals surface area (Å²) in [5.41, 5.74) is 8.11. The minimum Gasteiger partial charge on any atom is -0.494 e. The van der Waals surface area contributed by atoms with Gasteiger partial charge in [0.2, 0.25) is 0 Å². The predicted octanol–water partition coefficient (Wildman–Crippen LogP) is 3.02. The van der Waals surface area contributed by atoms with E-state index in [-0.39, 0.29) is 0 Å². The molecule has 0 amide bonds. The largest absolute Gasteiger partial charge is 0.494 e. The number of rotatable bonds is 9. The molecule has 0 aliphatic carbocycles. The van der Waals surface area contributed by atoms with E-state index in [0.29, 0.717) is 18.0 Å². The number of unbranched alkanes of at least 4 members (excludes halogenated alkanes) is 3. The van der Waals surface area contributed by atoms with Crippen LogP contribution in [0, 0.1) is 5.92 Å². The molecule has 1 heterocycles. The first kappa shape index (κ1) is 17.3. The van der Waals surface area contributed by atoms with E-state index in [1.165, 1.54) is 24.8 Å². The molecular weight excluding hydrogens is 274 g/mol. The standard InChI is InChI=1S/C18H31N3O/c1-4-5-6-7-12-22-16-10-8-15(9-11-16)18-14(2)17(13-19-3)20-21-18/h8-11,14,17-21H,4-7,12-13H2,1-3H3. The van der Waals surface area contributed by atoms with E-state index in [4.69, 9.17) is 4.74 Å². The van der Waals surface area contributed by atoms with Gasteiger partial charge in [-0.2, -0.15) is 0 Å². The van der Waals surface area contributed by atoms with Crippen molar-refractivity contribution >= 4 is 0 Å². The van der Waals surface area contributed by atoms with Gasteiger partial charge in [0.1, 0.15) is 5.75 Å². The summed E-state index contributed by atoms with van der Waals surface area (Å²) in [6.45, 7) is 6.32. The van der Waals surface area contributed by atoms with Crippen molar-refractivity contribution in [2.24, 2.45) is 5.92 Å². The van der Waals surface area contributed by atoms with Crippen LogP contribution in [0.15, 0.2) is 24.3 Å². The van der Waals surface area contributed by atoms with Crippen molar-refractivity contribution < 1.29 is 4.74 Å². The maximum atomic E-state index is 5.81. The molecule has 1 saturated heterocycles. The van der Waals surface area contributed by atoms with Gasteiger partial charge in [-0.3, -0.25) is 5.43 Å². The van der Waals surface area contributed by atoms with E-state index >= 15 is 0 Å². The maximum absolute atomic E-state index is 5.81. The fraction of sp³-hybridized carbons (Fsp3) is 0.667. The van der Waals surface area contributed by atoms with Gasteiger partial charge in [-0.15, -0.1) is 0 Å². The van der Waals surface area contributed by atoms with Crippen LogP contribution in [0.1, 0.15) is 51.1 Å². The highest BCUT2D eigenvalue weighted by Crippen LogP contribution is 2.29. The Balaban J connectivity index is 1.81. The second kappa shape index (κ2) is 9.13. The molecule has 0 spiro atoms. The molecule has 1 aliphatic heterocycles. The Hall–Kier alpha value is -1.10. The minimum atomic E-state index is 0.358. The third kappa shape index (κ3) is 4.70. The predicted molar refractivity (Wildman–Crippen MR) is 92.0 cm³/mol. The normalized spacial score (nSPS) is 24.6. The number of hydrogen-bond donors (Lipinski definition) is 3. The molecule has 0 saturated carbocycles. The molecule has 3 N–H and O–H groups in total. The van der Waals surface area contributed by atoms with Gasteiger partial charge < -0.3 is 10.1 Å². The maximum Gasteiger partial charge on any atom is 0.119 e. The van der Waals surface area contributed by atoms with Gasteiger partial charge in [0, 0.05) is 12.6 Å². The average molecular weight is 305 g/mol. The zero-order valence-electron chi connectivity index (χ0n) is 14.2. The van der Waals surface area contributed by atoms with Crippen molar-refractivity contribution in [2.45, 2.75) is 51.6 Å². The average Bonchev–Trinajstić information content (AvgIpc) is 2.89. The fourth-order valence-corrected chi connectivity index (χ4v) is 3.03. The zero-order chi connectivity index (χ0) is 15.8. The van der Waals surface area contributed by atoms with Crippen LogP contribution in [0.25, 0.3) is 0 Å². The van der Waals surface area contributed by atoms with Crippen molar-refractivity contribution in [1.82, 2.24) is 16.2 Å². The van der Waals surface area contributed by atoms with Gasteiger partial charge in [-0.25, -0.2) is 5.43 Å². The number of nitrogens with one attached hydrogen (secondary N) is 3. The number of hydrogen-bond acceptors (Lipinski definition) is 4. The molecule has 4 heteroatoms. The summed E-state index contributed by atoms with van der Waals surface area (Å²) in [6, 6.07) is 9.36. The fourth-order valence-electron chi connectivity index (χ4n) is 3.03. The molecule has 0 radical (unpaired) electrons. The SMILES string of the molecule is CCCCCCOc1ccc(C2NNC(CNC)C2C)cc1. The summed E-state index contributed by atoms with van der Waals surface area (Å²) in [7, 11) is 1.99. The lowest BCUT2D eigenvalue weighted by molar-refractivity contribution is 0.305. The Labute approximate surface area is 135 Å². The van der Waals surface area contributed by atoms with Gasteiger partial charge in [0.25, 0.3) is 0 Å². The molecule has 0 aromatic heterocycles. The highest BCUT2D eigenvalue weighted by molar-refractivity contribution is 5.30. The van der Waals surface area contributed by atoms with Crippen molar-refractivity contribution in [3.05, 3.63) is 29.8 Å². The van der Waals surface area contributed by atoms with E-state index in [9.17, 15) is 0 Å². The topological polar surface area (TPSA) is 45.3 Å². The van der Waals surface area contributed by atoms with E-state index in [0.717, 1.165) is 25.3 Å². The Bertz CT molecular complexity index is 421. The van der Waals surface area contributed by atoms with Crippen LogP contribution >= 0.6 is 0 Å². The van der Waals surface area contributed by atoms with Gasteiger partial charge in [-0.05, 0) is 37.1 Å². The number of benzene rings is 1. The summed E-state index contributed by atoms with van der Waals surface area (Å²) >= 11 is 0. The van der Waals surface area contributed by atoms with Crippen LogP contribution < -0.4 is 20.9 Å². The van der Waals surface area contributed by atoms with Crippen molar-refractivity contribution in [2.75, 3.05) is 20.2 Å². The number of ether oxygens (including phenoxy) is 1. The second-order valence-corrected chi connectivity index (χ2v) is 6.27. The highest BCUT2D eigenvalue weighted by Gasteiger charge is 2.32. The first-order valence-electron chi connectivity index (χ1n) is 8.64. The molecule has 1 fully saturated rings. The van der Waals surface area contributed by atoms with E-state index in [2.05, 4.69) is 54.3 Å². The molecular formula is C18H31N3O. The lowest BCUT2D eigenvalue weighted by Gasteiger charge is -2.19. The summed E-state index contributed by atoms with van der Waals surface area (Å²) in [5.74, 6) is 1.53. The van der Waals surface area contributed by atoms with Crippen LogP contribution in [-0.4, -0.2) is 26.2 Å². The number of hydrazine groups is 1. The van der Waals surface area contributed by atoms with Crippen molar-refractivity contribution in [3.63, 3.8) is 0 Å². The molecule has 22 heavy (non-hydrogen) atoms. The molecule has 1 aromatic rings. The van der Waals surface area contributed by atoms with Gasteiger partial charge >= 0.3 is 0 Å². The molecule has 2 rings (SSSR count). The smallest absolute Gasteiger partial charge is 0.119 e. The lowest BCUT2D eigenvalue weighted by Crippen LogP contribution is -2.38. The molecule has 0 bridgehead atoms. The Kier molecular flexibility index (Phi) is 7.16. The van der Waals surface area contributed by atoms with Crippen molar-refractivity contribution in [1.29, 1.82) is 0 Å². The highest BCUT2D eigenvalue weighted by atomic mass is 16.5. The van der Waals surface area contributed by atoms with Crippen LogP contribution in [0.4, 0.5) is 0 Å². The molecule has 1 aliphatic rings. The second-order valence-electron chi connectivity index (χ2n) is 6.27. The van der Waals surface area contributed by atoms with Gasteiger partial charge in [0.05, 0.1) is 12.6 Å². The molecule has 3 unspecified atom stereocenters. The third-order valence-electron chi connectivity index (χ3n) is 4.51. The molecule has 3 atom stereocenters. The number of likely N-dealkylation sites (N-methyl/N-ethyl adjacent to an activating group) is 1. The minimum absolute atomic E-state index is 0.358. The van der Waals surface area contributed by atoms with Crippen LogP contribution in [-0.2, 0) is 0 Å². The van der Waals surface area contributed by atoms with E-state index in [1.807, 2.05) is 7.05 Å². The Morgan fingerprint density at radius 3 is 2.55 bits per heavy atom. The van der Waals surface area contributed by atoms with Crippen molar-refractivity contribution in [3.8, 4) is 5.75 Å². The van der Waals surface area contributed by atoms with Crippen LogP contribution in [0.5, 0.6) is 5.75 Å². The Morgan fingerprint density at radius 2 is 1.86 bits per heavy atom. The van der Waals surface area contributed by atoms with Crippen LogP contribution in [0.3, 0.4) is 0 Å². The lowest BCUT2D eigenvalue weighted by atomic mass is 9.91. The molecule has 4 nitrogen and oxygen atoms in total. The van der Waals surface area contributed by atoms with E-state index in [1.54, 1.807) is 0 Å². The molecule has 124 valence electrons. The van der Waals surface area contributed by atoms with Gasteiger partial charge in [0.15, 0.2) is 0 Å². The van der Waals surface area contributed by atoms with E-state index < -0.39 is 0 Å². The monoisotopic (exact) mass is 305 g/mol. The summed E-state index contributed by atoms with van der Waals surface area (Å²) in [4.78, 5) is 0. The quantitative estimate of drug-likeness (QED) is 0.614. The first-order chi connectivity index (χ1) is 10.8.